The number of hydrogen-bond donors (Lipinski definition) is 2. The van der Waals surface area contributed by atoms with E-state index in [1.54, 1.807) is 21.8 Å². The summed E-state index contributed by atoms with van der Waals surface area (Å²) in [6.45, 7) is 4.43. The molecule has 2 aromatic carbocycles. The first-order chi connectivity index (χ1) is 14.6. The average Bonchev–Trinajstić information content (AvgIpc) is 3.41. The van der Waals surface area contributed by atoms with Crippen LogP contribution < -0.4 is 10.6 Å². The van der Waals surface area contributed by atoms with E-state index in [0.717, 1.165) is 33.6 Å². The lowest BCUT2D eigenvalue weighted by Crippen LogP contribution is -2.38. The van der Waals surface area contributed by atoms with Gasteiger partial charge in [0.1, 0.15) is 13.3 Å². The van der Waals surface area contributed by atoms with E-state index in [1.165, 1.54) is 0 Å². The fourth-order valence-corrected chi connectivity index (χ4v) is 3.24. The van der Waals surface area contributed by atoms with Crippen molar-refractivity contribution in [2.45, 2.75) is 27.2 Å². The maximum atomic E-state index is 12.3. The van der Waals surface area contributed by atoms with Gasteiger partial charge in [-0.3, -0.25) is 0 Å². The molecule has 9 nitrogen and oxygen atoms in total. The van der Waals surface area contributed by atoms with Crippen LogP contribution in [0.5, 0.6) is 0 Å². The number of carbonyl (C=O) groups is 1. The number of urea groups is 1. The molecule has 0 saturated heterocycles. The fraction of sp³-hybridized carbons (Fsp3) is 0.190. The van der Waals surface area contributed by atoms with E-state index in [0.29, 0.717) is 0 Å². The van der Waals surface area contributed by atoms with Crippen molar-refractivity contribution in [1.29, 1.82) is 0 Å². The van der Waals surface area contributed by atoms with Crippen molar-refractivity contribution in [2.24, 2.45) is 0 Å². The lowest BCUT2D eigenvalue weighted by atomic mass is 10.1. The molecular formula is C21H22N8O. The molecule has 4 aromatic rings. The van der Waals surface area contributed by atoms with Gasteiger partial charge in [-0.1, -0.05) is 59.0 Å². The van der Waals surface area contributed by atoms with Crippen LogP contribution in [0.4, 0.5) is 4.79 Å². The number of rotatable bonds is 6. The summed E-state index contributed by atoms with van der Waals surface area (Å²) in [4.78, 5) is 12.3. The summed E-state index contributed by atoms with van der Waals surface area (Å²) in [5.74, 6) is 0. The molecule has 0 fully saturated rings. The Bertz CT molecular complexity index is 1070. The molecular weight excluding hydrogens is 380 g/mol. The van der Waals surface area contributed by atoms with Crippen molar-refractivity contribution in [3.8, 4) is 22.5 Å². The summed E-state index contributed by atoms with van der Waals surface area (Å²) in [5.41, 5.74) is 5.95. The summed E-state index contributed by atoms with van der Waals surface area (Å²) in [6.07, 6.45) is 3.37. The van der Waals surface area contributed by atoms with Crippen molar-refractivity contribution < 1.29 is 4.79 Å². The maximum Gasteiger partial charge on any atom is 0.317 e. The third-order valence-corrected chi connectivity index (χ3v) is 4.86. The Morgan fingerprint density at radius 3 is 1.63 bits per heavy atom. The SMILES string of the molecule is Cc1ccccc1-c1cnnn1CNC(=O)NCn1nncc1-c1ccccc1C. The molecule has 0 spiro atoms. The minimum absolute atomic E-state index is 0.192. The van der Waals surface area contributed by atoms with Gasteiger partial charge in [0.05, 0.1) is 23.8 Å². The lowest BCUT2D eigenvalue weighted by molar-refractivity contribution is 0.234. The van der Waals surface area contributed by atoms with Crippen molar-refractivity contribution in [1.82, 2.24) is 40.6 Å². The van der Waals surface area contributed by atoms with E-state index in [4.69, 9.17) is 0 Å². The van der Waals surface area contributed by atoms with Crippen LogP contribution in [0.2, 0.25) is 0 Å². The van der Waals surface area contributed by atoms with Crippen molar-refractivity contribution in [3.63, 3.8) is 0 Å². The van der Waals surface area contributed by atoms with Crippen LogP contribution in [0.3, 0.4) is 0 Å². The van der Waals surface area contributed by atoms with Gasteiger partial charge in [-0.2, -0.15) is 0 Å². The van der Waals surface area contributed by atoms with Crippen LogP contribution in [0.25, 0.3) is 22.5 Å². The predicted molar refractivity (Wildman–Crippen MR) is 112 cm³/mol. The highest BCUT2D eigenvalue weighted by molar-refractivity contribution is 5.73. The van der Waals surface area contributed by atoms with Gasteiger partial charge in [0.25, 0.3) is 0 Å². The second kappa shape index (κ2) is 8.56. The smallest absolute Gasteiger partial charge is 0.317 e. The van der Waals surface area contributed by atoms with E-state index in [2.05, 4.69) is 31.3 Å². The van der Waals surface area contributed by atoms with Crippen LogP contribution >= 0.6 is 0 Å². The van der Waals surface area contributed by atoms with Gasteiger partial charge < -0.3 is 10.6 Å². The minimum atomic E-state index is -0.340. The van der Waals surface area contributed by atoms with Gasteiger partial charge >= 0.3 is 6.03 Å². The Hall–Kier alpha value is -4.01. The number of amides is 2. The molecule has 0 unspecified atom stereocenters. The van der Waals surface area contributed by atoms with Crippen molar-refractivity contribution in [3.05, 3.63) is 72.1 Å². The molecule has 30 heavy (non-hydrogen) atoms. The molecule has 9 heteroatoms. The molecule has 2 heterocycles. The Morgan fingerprint density at radius 1 is 0.767 bits per heavy atom. The molecule has 0 bridgehead atoms. The van der Waals surface area contributed by atoms with Gasteiger partial charge in [0.15, 0.2) is 0 Å². The number of aromatic nitrogens is 6. The number of carbonyl (C=O) groups excluding carboxylic acids is 1. The fourth-order valence-electron chi connectivity index (χ4n) is 3.24. The Kier molecular flexibility index (Phi) is 5.51. The zero-order chi connectivity index (χ0) is 20.9. The average molecular weight is 402 g/mol. The van der Waals surface area contributed by atoms with E-state index >= 15 is 0 Å². The molecule has 4 rings (SSSR count). The number of benzene rings is 2. The first-order valence-corrected chi connectivity index (χ1v) is 9.54. The number of nitrogens with zero attached hydrogens (tertiary/aromatic N) is 6. The van der Waals surface area contributed by atoms with E-state index in [1.807, 2.05) is 62.4 Å². The summed E-state index contributed by atoms with van der Waals surface area (Å²) < 4.78 is 3.30. The molecule has 0 aliphatic heterocycles. The summed E-state index contributed by atoms with van der Waals surface area (Å²) in [6, 6.07) is 15.6. The number of aryl methyl sites for hydroxylation is 2. The van der Waals surface area contributed by atoms with Crippen molar-refractivity contribution >= 4 is 6.03 Å². The first-order valence-electron chi connectivity index (χ1n) is 9.54. The Morgan fingerprint density at radius 2 is 1.20 bits per heavy atom. The van der Waals surface area contributed by atoms with Crippen LogP contribution in [0, 0.1) is 13.8 Å². The van der Waals surface area contributed by atoms with Crippen LogP contribution in [0.1, 0.15) is 11.1 Å². The summed E-state index contributed by atoms with van der Waals surface area (Å²) >= 11 is 0. The normalized spacial score (nSPS) is 10.7. The minimum Gasteiger partial charge on any atom is -0.319 e. The molecule has 0 atom stereocenters. The van der Waals surface area contributed by atoms with Crippen LogP contribution in [0.15, 0.2) is 60.9 Å². The monoisotopic (exact) mass is 402 g/mol. The quantitative estimate of drug-likeness (QED) is 0.516. The molecule has 152 valence electrons. The molecule has 2 aromatic heterocycles. The second-order valence-corrected chi connectivity index (χ2v) is 6.87. The third kappa shape index (κ3) is 4.04. The van der Waals surface area contributed by atoms with Crippen molar-refractivity contribution in [2.75, 3.05) is 0 Å². The van der Waals surface area contributed by atoms with Gasteiger partial charge in [0, 0.05) is 11.1 Å². The predicted octanol–water partition coefficient (Wildman–Crippen LogP) is 2.73. The summed E-state index contributed by atoms with van der Waals surface area (Å²) in [5, 5.41) is 21.7. The third-order valence-electron chi connectivity index (χ3n) is 4.86. The molecule has 0 saturated carbocycles. The highest BCUT2D eigenvalue weighted by atomic mass is 16.2. The molecule has 0 aliphatic carbocycles. The Labute approximate surface area is 173 Å². The molecule has 2 N–H and O–H groups in total. The van der Waals surface area contributed by atoms with Gasteiger partial charge in [-0.25, -0.2) is 14.2 Å². The zero-order valence-corrected chi connectivity index (χ0v) is 16.8. The standard InChI is InChI=1S/C21H22N8O/c1-15-7-3-5-9-17(15)19-11-24-26-28(19)13-22-21(30)23-14-29-20(12-25-27-29)18-10-6-4-8-16(18)2/h3-12H,13-14H2,1-2H3,(H2,22,23,30). The zero-order valence-electron chi connectivity index (χ0n) is 16.8. The highest BCUT2D eigenvalue weighted by Gasteiger charge is 2.12. The molecule has 0 aliphatic rings. The number of nitrogens with one attached hydrogen (secondary N) is 2. The van der Waals surface area contributed by atoms with Gasteiger partial charge in [0.2, 0.25) is 0 Å². The van der Waals surface area contributed by atoms with Crippen LogP contribution in [-0.2, 0) is 13.3 Å². The number of hydrogen-bond acceptors (Lipinski definition) is 5. The second-order valence-electron chi connectivity index (χ2n) is 6.87. The van der Waals surface area contributed by atoms with Gasteiger partial charge in [-0.05, 0) is 25.0 Å². The molecule has 2 amide bonds. The highest BCUT2D eigenvalue weighted by Crippen LogP contribution is 2.22. The van der Waals surface area contributed by atoms with E-state index < -0.39 is 0 Å². The first kappa shape index (κ1) is 19.3. The van der Waals surface area contributed by atoms with Crippen LogP contribution in [-0.4, -0.2) is 36.0 Å². The largest absolute Gasteiger partial charge is 0.319 e. The van der Waals surface area contributed by atoms with E-state index in [-0.39, 0.29) is 19.4 Å². The maximum absolute atomic E-state index is 12.3. The summed E-state index contributed by atoms with van der Waals surface area (Å²) in [7, 11) is 0. The van der Waals surface area contributed by atoms with E-state index in [9.17, 15) is 4.79 Å². The molecule has 0 radical (unpaired) electrons. The topological polar surface area (TPSA) is 103 Å². The van der Waals surface area contributed by atoms with Gasteiger partial charge in [-0.15, -0.1) is 10.2 Å². The lowest BCUT2D eigenvalue weighted by Gasteiger charge is -2.12. The Balaban J connectivity index is 1.38.